The van der Waals surface area contributed by atoms with Crippen LogP contribution in [0.5, 0.6) is 5.75 Å². The third-order valence-electron chi connectivity index (χ3n) is 1.79. The van der Waals surface area contributed by atoms with Crippen molar-refractivity contribution < 1.29 is 9.66 Å². The number of nitrogens with two attached hydrogens (primary N) is 1. The largest absolute Gasteiger partial charge is 0.490 e. The Labute approximate surface area is 102 Å². The molecule has 0 heterocycles. The van der Waals surface area contributed by atoms with E-state index in [2.05, 4.69) is 22.7 Å². The zero-order valence-electron chi connectivity index (χ0n) is 8.91. The monoisotopic (exact) mass is 254 g/mol. The molecule has 1 aromatic carbocycles. The van der Waals surface area contributed by atoms with Gasteiger partial charge in [0.05, 0.1) is 18.2 Å². The molecular formula is C9H10N4O3S. The molecule has 8 heteroatoms. The van der Waals surface area contributed by atoms with Gasteiger partial charge in [0.25, 0.3) is 0 Å². The molecule has 0 aliphatic rings. The van der Waals surface area contributed by atoms with Crippen LogP contribution < -0.4 is 15.9 Å². The fourth-order valence-corrected chi connectivity index (χ4v) is 1.15. The van der Waals surface area contributed by atoms with Gasteiger partial charge in [0, 0.05) is 11.6 Å². The molecule has 0 saturated heterocycles. The SMILES string of the molecule is COc1ccc(C=NNC(N)=S)cc1[N+](=O)[O-]. The second kappa shape index (κ2) is 5.75. The van der Waals surface area contributed by atoms with Gasteiger partial charge in [-0.25, -0.2) is 0 Å². The zero-order valence-corrected chi connectivity index (χ0v) is 9.73. The summed E-state index contributed by atoms with van der Waals surface area (Å²) in [5.74, 6) is 0.189. The van der Waals surface area contributed by atoms with E-state index in [0.29, 0.717) is 5.56 Å². The molecule has 0 amide bonds. The molecule has 0 atom stereocenters. The summed E-state index contributed by atoms with van der Waals surface area (Å²) in [4.78, 5) is 10.2. The highest BCUT2D eigenvalue weighted by Gasteiger charge is 2.14. The van der Waals surface area contributed by atoms with Gasteiger partial charge in [-0.2, -0.15) is 5.10 Å². The predicted octanol–water partition coefficient (Wildman–Crippen LogP) is 0.771. The highest BCUT2D eigenvalue weighted by atomic mass is 32.1. The molecule has 0 saturated carbocycles. The molecule has 1 rings (SSSR count). The van der Waals surface area contributed by atoms with Crippen LogP contribution in [0.2, 0.25) is 0 Å². The lowest BCUT2D eigenvalue weighted by atomic mass is 10.2. The highest BCUT2D eigenvalue weighted by molar-refractivity contribution is 7.80. The molecule has 0 fully saturated rings. The molecule has 0 spiro atoms. The highest BCUT2D eigenvalue weighted by Crippen LogP contribution is 2.26. The lowest BCUT2D eigenvalue weighted by Crippen LogP contribution is -2.23. The third-order valence-corrected chi connectivity index (χ3v) is 1.88. The van der Waals surface area contributed by atoms with E-state index >= 15 is 0 Å². The molecule has 90 valence electrons. The van der Waals surface area contributed by atoms with Gasteiger partial charge in [-0.05, 0) is 24.4 Å². The lowest BCUT2D eigenvalue weighted by Gasteiger charge is -2.01. The second-order valence-corrected chi connectivity index (χ2v) is 3.36. The van der Waals surface area contributed by atoms with Gasteiger partial charge in [0.15, 0.2) is 10.9 Å². The van der Waals surface area contributed by atoms with Crippen LogP contribution in [0.25, 0.3) is 0 Å². The Hall–Kier alpha value is -2.22. The molecule has 1 aromatic rings. The normalized spacial score (nSPS) is 10.2. The Bertz CT molecular complexity index is 475. The number of thiocarbonyl (C=S) groups is 1. The van der Waals surface area contributed by atoms with Crippen molar-refractivity contribution in [3.63, 3.8) is 0 Å². The maximum atomic E-state index is 10.7. The predicted molar refractivity (Wildman–Crippen MR) is 67.2 cm³/mol. The smallest absolute Gasteiger partial charge is 0.311 e. The fraction of sp³-hybridized carbons (Fsp3) is 0.111. The molecule has 0 bridgehead atoms. The number of nitrogens with zero attached hydrogens (tertiary/aromatic N) is 2. The first-order chi connectivity index (χ1) is 8.04. The molecule has 0 aliphatic carbocycles. The first-order valence-electron chi connectivity index (χ1n) is 4.45. The first-order valence-corrected chi connectivity index (χ1v) is 4.86. The van der Waals surface area contributed by atoms with Crippen LogP contribution in [0.1, 0.15) is 5.56 Å². The number of nitro benzene ring substituents is 1. The van der Waals surface area contributed by atoms with Crippen LogP contribution in [0.15, 0.2) is 23.3 Å². The van der Waals surface area contributed by atoms with E-state index in [1.165, 1.54) is 25.5 Å². The summed E-state index contributed by atoms with van der Waals surface area (Å²) in [5.41, 5.74) is 7.90. The van der Waals surface area contributed by atoms with Crippen LogP contribution in [0.4, 0.5) is 5.69 Å². The van der Waals surface area contributed by atoms with E-state index in [1.807, 2.05) is 0 Å². The number of hydrazone groups is 1. The summed E-state index contributed by atoms with van der Waals surface area (Å²) >= 11 is 4.54. The summed E-state index contributed by atoms with van der Waals surface area (Å²) < 4.78 is 4.86. The Morgan fingerprint density at radius 2 is 2.41 bits per heavy atom. The molecule has 0 aliphatic heterocycles. The number of nitrogens with one attached hydrogen (secondary N) is 1. The summed E-state index contributed by atoms with van der Waals surface area (Å²) in [6.07, 6.45) is 1.37. The van der Waals surface area contributed by atoms with Gasteiger partial charge in [0.1, 0.15) is 0 Å². The van der Waals surface area contributed by atoms with Crippen LogP contribution in [0.3, 0.4) is 0 Å². The van der Waals surface area contributed by atoms with Crippen molar-refractivity contribution in [2.75, 3.05) is 7.11 Å². The molecular weight excluding hydrogens is 244 g/mol. The van der Waals surface area contributed by atoms with Gasteiger partial charge in [-0.15, -0.1) is 0 Å². The fourth-order valence-electron chi connectivity index (χ4n) is 1.10. The van der Waals surface area contributed by atoms with E-state index in [0.717, 1.165) is 0 Å². The van der Waals surface area contributed by atoms with Crippen molar-refractivity contribution in [2.24, 2.45) is 10.8 Å². The molecule has 0 radical (unpaired) electrons. The Morgan fingerprint density at radius 1 is 1.71 bits per heavy atom. The maximum absolute atomic E-state index is 10.7. The van der Waals surface area contributed by atoms with E-state index in [1.54, 1.807) is 6.07 Å². The first kappa shape index (κ1) is 12.8. The zero-order chi connectivity index (χ0) is 12.8. The van der Waals surface area contributed by atoms with Crippen molar-refractivity contribution in [3.8, 4) is 5.75 Å². The van der Waals surface area contributed by atoms with Crippen molar-refractivity contribution in [3.05, 3.63) is 33.9 Å². The standard InChI is InChI=1S/C9H10N4O3S/c1-16-8-3-2-6(4-7(8)13(14)15)5-11-12-9(10)17/h2-5H,1H3,(H3,10,12,17). The maximum Gasteiger partial charge on any atom is 0.311 e. The minimum Gasteiger partial charge on any atom is -0.490 e. The lowest BCUT2D eigenvalue weighted by molar-refractivity contribution is -0.385. The van der Waals surface area contributed by atoms with E-state index < -0.39 is 4.92 Å². The van der Waals surface area contributed by atoms with Crippen LogP contribution in [-0.2, 0) is 0 Å². The molecule has 0 unspecified atom stereocenters. The summed E-state index contributed by atoms with van der Waals surface area (Å²) in [7, 11) is 1.37. The van der Waals surface area contributed by atoms with E-state index in [4.69, 9.17) is 10.5 Å². The molecule has 7 nitrogen and oxygen atoms in total. The average Bonchev–Trinajstić information content (AvgIpc) is 2.28. The molecule has 3 N–H and O–H groups in total. The van der Waals surface area contributed by atoms with Crippen molar-refractivity contribution in [2.45, 2.75) is 0 Å². The summed E-state index contributed by atoms with van der Waals surface area (Å²) in [6.45, 7) is 0. The van der Waals surface area contributed by atoms with Gasteiger partial charge in [-0.1, -0.05) is 0 Å². The van der Waals surface area contributed by atoms with Crippen LogP contribution in [0, 0.1) is 10.1 Å². The van der Waals surface area contributed by atoms with Gasteiger partial charge in [0.2, 0.25) is 0 Å². The number of nitro groups is 1. The van der Waals surface area contributed by atoms with Gasteiger partial charge in [-0.3, -0.25) is 15.5 Å². The second-order valence-electron chi connectivity index (χ2n) is 2.92. The van der Waals surface area contributed by atoms with Crippen molar-refractivity contribution in [1.82, 2.24) is 5.43 Å². The number of hydrogen-bond donors (Lipinski definition) is 2. The summed E-state index contributed by atoms with van der Waals surface area (Å²) in [6, 6.07) is 4.44. The Morgan fingerprint density at radius 3 is 2.94 bits per heavy atom. The average molecular weight is 254 g/mol. The Balaban J connectivity index is 2.96. The number of methoxy groups -OCH3 is 1. The minimum absolute atomic E-state index is 0.0178. The Kier molecular flexibility index (Phi) is 4.35. The van der Waals surface area contributed by atoms with Crippen LogP contribution in [-0.4, -0.2) is 23.4 Å². The van der Waals surface area contributed by atoms with Gasteiger partial charge < -0.3 is 10.5 Å². The van der Waals surface area contributed by atoms with E-state index in [9.17, 15) is 10.1 Å². The molecule has 0 aromatic heterocycles. The number of benzene rings is 1. The van der Waals surface area contributed by atoms with Gasteiger partial charge >= 0.3 is 5.69 Å². The minimum atomic E-state index is -0.531. The number of rotatable bonds is 4. The quantitative estimate of drug-likeness (QED) is 0.356. The van der Waals surface area contributed by atoms with Crippen molar-refractivity contribution in [1.29, 1.82) is 0 Å². The topological polar surface area (TPSA) is 103 Å². The third kappa shape index (κ3) is 3.68. The van der Waals surface area contributed by atoms with Crippen molar-refractivity contribution >= 4 is 29.2 Å². The van der Waals surface area contributed by atoms with Crippen LogP contribution >= 0.6 is 12.2 Å². The summed E-state index contributed by atoms with van der Waals surface area (Å²) in [5, 5.41) is 14.4. The molecule has 17 heavy (non-hydrogen) atoms. The number of ether oxygens (including phenoxy) is 1. The van der Waals surface area contributed by atoms with E-state index in [-0.39, 0.29) is 16.5 Å². The number of hydrogen-bond acceptors (Lipinski definition) is 5.